The number of para-hydroxylation sites is 1. The quantitative estimate of drug-likeness (QED) is 0.262. The highest BCUT2D eigenvalue weighted by molar-refractivity contribution is 5.96. The molecule has 0 aliphatic rings. The second-order valence-corrected chi connectivity index (χ2v) is 7.92. The third-order valence-electron chi connectivity index (χ3n) is 5.72. The van der Waals surface area contributed by atoms with Gasteiger partial charge in [0.25, 0.3) is 0 Å². The maximum atomic E-state index is 12.4. The number of hydrogen-bond donors (Lipinski definition) is 1. The number of amides is 1. The smallest absolute Gasteiger partial charge is 0.307 e. The molecule has 2 heterocycles. The van der Waals surface area contributed by atoms with Crippen LogP contribution in [0.3, 0.4) is 0 Å². The van der Waals surface area contributed by atoms with E-state index in [4.69, 9.17) is 4.42 Å². The van der Waals surface area contributed by atoms with Crippen LogP contribution >= 0.6 is 0 Å². The van der Waals surface area contributed by atoms with E-state index < -0.39 is 0 Å². The van der Waals surface area contributed by atoms with Crippen LogP contribution < -0.4 is 5.43 Å². The first-order chi connectivity index (χ1) is 16.1. The molecule has 0 unspecified atom stereocenters. The first kappa shape index (κ1) is 20.5. The summed E-state index contributed by atoms with van der Waals surface area (Å²) in [6, 6.07) is 30.1. The van der Waals surface area contributed by atoms with Crippen LogP contribution in [0, 0.1) is 13.8 Å². The fraction of sp³-hybridized carbons (Fsp3) is 0.0714. The van der Waals surface area contributed by atoms with Crippen LogP contribution in [0.4, 0.5) is 0 Å². The van der Waals surface area contributed by atoms with E-state index in [9.17, 15) is 4.79 Å². The molecule has 0 saturated heterocycles. The zero-order valence-corrected chi connectivity index (χ0v) is 18.4. The number of carbonyl (C=O) groups is 1. The van der Waals surface area contributed by atoms with Gasteiger partial charge < -0.3 is 8.98 Å². The number of benzene rings is 3. The van der Waals surface area contributed by atoms with Crippen LogP contribution in [0.1, 0.15) is 27.5 Å². The third kappa shape index (κ3) is 4.08. The fourth-order valence-corrected chi connectivity index (χ4v) is 4.06. The highest BCUT2D eigenvalue weighted by atomic mass is 16.3. The van der Waals surface area contributed by atoms with Gasteiger partial charge in [0.1, 0.15) is 5.58 Å². The van der Waals surface area contributed by atoms with Crippen LogP contribution in [0.15, 0.2) is 101 Å². The first-order valence-corrected chi connectivity index (χ1v) is 10.8. The van der Waals surface area contributed by atoms with Crippen molar-refractivity contribution in [3.63, 3.8) is 0 Å². The Labute approximate surface area is 192 Å². The molecule has 0 spiro atoms. The van der Waals surface area contributed by atoms with Crippen LogP contribution in [-0.4, -0.2) is 16.7 Å². The Balaban J connectivity index is 1.33. The Morgan fingerprint density at radius 2 is 1.58 bits per heavy atom. The minimum atomic E-state index is -0.382. The normalized spacial score (nSPS) is 11.3. The summed E-state index contributed by atoms with van der Waals surface area (Å²) in [5.41, 5.74) is 9.75. The number of hydrazone groups is 1. The van der Waals surface area contributed by atoms with Gasteiger partial charge in [-0.25, -0.2) is 5.43 Å². The Morgan fingerprint density at radius 3 is 2.33 bits per heavy atom. The van der Waals surface area contributed by atoms with Gasteiger partial charge in [-0.2, -0.15) is 5.10 Å². The van der Waals surface area contributed by atoms with E-state index in [1.54, 1.807) is 12.3 Å². The van der Waals surface area contributed by atoms with Gasteiger partial charge >= 0.3 is 5.91 Å². The molecule has 0 bridgehead atoms. The number of aryl methyl sites for hydroxylation is 1. The molecule has 0 saturated carbocycles. The van der Waals surface area contributed by atoms with E-state index in [0.717, 1.165) is 28.0 Å². The van der Waals surface area contributed by atoms with Gasteiger partial charge in [-0.1, -0.05) is 60.7 Å². The van der Waals surface area contributed by atoms with Crippen molar-refractivity contribution in [2.24, 2.45) is 5.10 Å². The first-order valence-electron chi connectivity index (χ1n) is 10.8. The number of nitrogens with zero attached hydrogens (tertiary/aromatic N) is 2. The summed E-state index contributed by atoms with van der Waals surface area (Å²) in [6.45, 7) is 4.10. The molecule has 1 N–H and O–H groups in total. The predicted octanol–water partition coefficient (Wildman–Crippen LogP) is 6.27. The molecule has 0 radical (unpaired) electrons. The Morgan fingerprint density at radius 1 is 0.879 bits per heavy atom. The van der Waals surface area contributed by atoms with Gasteiger partial charge in [0.15, 0.2) is 5.76 Å². The molecule has 5 rings (SSSR count). The molecule has 5 heteroatoms. The fourth-order valence-electron chi connectivity index (χ4n) is 4.06. The highest BCUT2D eigenvalue weighted by Gasteiger charge is 2.12. The lowest BCUT2D eigenvalue weighted by atomic mass is 10.1. The summed E-state index contributed by atoms with van der Waals surface area (Å²) in [4.78, 5) is 12.4. The van der Waals surface area contributed by atoms with Crippen molar-refractivity contribution in [1.82, 2.24) is 9.99 Å². The zero-order valence-electron chi connectivity index (χ0n) is 18.4. The van der Waals surface area contributed by atoms with Crippen molar-refractivity contribution in [2.45, 2.75) is 13.8 Å². The number of hydrogen-bond acceptors (Lipinski definition) is 3. The summed E-state index contributed by atoms with van der Waals surface area (Å²) in [5.74, 6) is -0.148. The minimum Gasteiger partial charge on any atom is -0.451 e. The Bertz CT molecular complexity index is 1430. The van der Waals surface area contributed by atoms with Crippen molar-refractivity contribution >= 4 is 23.1 Å². The second kappa shape index (κ2) is 8.63. The molecule has 2 aromatic heterocycles. The van der Waals surface area contributed by atoms with E-state index >= 15 is 0 Å². The summed E-state index contributed by atoms with van der Waals surface area (Å²) >= 11 is 0. The SMILES string of the molecule is Cc1cc(/C=N\NC(=O)c2cc3ccccc3o2)c(C)n1-c1ccc(-c2ccccc2)cc1. The highest BCUT2D eigenvalue weighted by Crippen LogP contribution is 2.24. The molecule has 33 heavy (non-hydrogen) atoms. The standard InChI is InChI=1S/C28H23N3O2/c1-19-16-24(18-29-30-28(32)27-17-23-10-6-7-11-26(23)33-27)20(2)31(19)25-14-12-22(13-15-25)21-8-4-3-5-9-21/h3-18H,1-2H3,(H,30,32)/b29-18-. The van der Waals surface area contributed by atoms with Crippen molar-refractivity contribution < 1.29 is 9.21 Å². The monoisotopic (exact) mass is 433 g/mol. The van der Waals surface area contributed by atoms with Gasteiger partial charge in [0.2, 0.25) is 0 Å². The lowest BCUT2D eigenvalue weighted by Gasteiger charge is -2.11. The number of aromatic nitrogens is 1. The molecular weight excluding hydrogens is 410 g/mol. The molecule has 0 aliphatic carbocycles. The van der Waals surface area contributed by atoms with Crippen molar-refractivity contribution in [3.8, 4) is 16.8 Å². The molecule has 1 amide bonds. The molecule has 5 aromatic rings. The van der Waals surface area contributed by atoms with Gasteiger partial charge in [0, 0.05) is 28.0 Å². The summed E-state index contributed by atoms with van der Waals surface area (Å²) < 4.78 is 7.77. The van der Waals surface area contributed by atoms with Gasteiger partial charge in [0.05, 0.1) is 6.21 Å². The van der Waals surface area contributed by atoms with E-state index in [0.29, 0.717) is 5.58 Å². The summed E-state index contributed by atoms with van der Waals surface area (Å²) in [5, 5.41) is 5.04. The number of rotatable bonds is 5. The molecule has 162 valence electrons. The molecule has 0 atom stereocenters. The lowest BCUT2D eigenvalue weighted by molar-refractivity contribution is 0.0929. The number of furan rings is 1. The number of nitrogens with one attached hydrogen (secondary N) is 1. The van der Waals surface area contributed by atoms with Crippen molar-refractivity contribution in [1.29, 1.82) is 0 Å². The minimum absolute atomic E-state index is 0.234. The van der Waals surface area contributed by atoms with Crippen LogP contribution in [0.25, 0.3) is 27.8 Å². The maximum absolute atomic E-state index is 12.4. The molecule has 0 fully saturated rings. The average Bonchev–Trinajstić information content (AvgIpc) is 3.40. The van der Waals surface area contributed by atoms with Crippen molar-refractivity contribution in [3.05, 3.63) is 114 Å². The van der Waals surface area contributed by atoms with Gasteiger partial charge in [-0.15, -0.1) is 0 Å². The largest absolute Gasteiger partial charge is 0.451 e. The molecular formula is C28H23N3O2. The third-order valence-corrected chi connectivity index (χ3v) is 5.72. The number of fused-ring (bicyclic) bond motifs is 1. The topological polar surface area (TPSA) is 59.5 Å². The molecule has 3 aromatic carbocycles. The second-order valence-electron chi connectivity index (χ2n) is 7.92. The summed E-state index contributed by atoms with van der Waals surface area (Å²) in [7, 11) is 0. The van der Waals surface area contributed by atoms with Crippen LogP contribution in [0.2, 0.25) is 0 Å². The van der Waals surface area contributed by atoms with E-state index in [-0.39, 0.29) is 11.7 Å². The van der Waals surface area contributed by atoms with E-state index in [1.165, 1.54) is 11.1 Å². The maximum Gasteiger partial charge on any atom is 0.307 e. The Hall–Kier alpha value is -4.38. The number of carbonyl (C=O) groups excluding carboxylic acids is 1. The Kier molecular flexibility index (Phi) is 5.37. The van der Waals surface area contributed by atoms with Gasteiger partial charge in [-0.3, -0.25) is 4.79 Å². The van der Waals surface area contributed by atoms with E-state index in [1.807, 2.05) is 49.4 Å². The van der Waals surface area contributed by atoms with Crippen molar-refractivity contribution in [2.75, 3.05) is 0 Å². The van der Waals surface area contributed by atoms with Crippen LogP contribution in [-0.2, 0) is 0 Å². The lowest BCUT2D eigenvalue weighted by Crippen LogP contribution is -2.16. The van der Waals surface area contributed by atoms with Crippen LogP contribution in [0.5, 0.6) is 0 Å². The average molecular weight is 434 g/mol. The summed E-state index contributed by atoms with van der Waals surface area (Å²) in [6.07, 6.45) is 1.66. The predicted molar refractivity (Wildman–Crippen MR) is 132 cm³/mol. The zero-order chi connectivity index (χ0) is 22.8. The van der Waals surface area contributed by atoms with Gasteiger partial charge in [-0.05, 0) is 55.3 Å². The molecule has 0 aliphatic heterocycles. The molecule has 5 nitrogen and oxygen atoms in total. The van der Waals surface area contributed by atoms with E-state index in [2.05, 4.69) is 64.5 Å².